The highest BCUT2D eigenvalue weighted by atomic mass is 79.9. The quantitative estimate of drug-likeness (QED) is 0.676. The van der Waals surface area contributed by atoms with Gasteiger partial charge >= 0.3 is 6.18 Å². The van der Waals surface area contributed by atoms with Crippen LogP contribution in [0.15, 0.2) is 0 Å². The van der Waals surface area contributed by atoms with Crippen molar-refractivity contribution in [2.24, 2.45) is 0 Å². The fourth-order valence-corrected chi connectivity index (χ4v) is 1.89. The number of likely N-dealkylation sites (tertiary alicyclic amines) is 1. The highest BCUT2D eigenvalue weighted by Crippen LogP contribution is 2.22. The summed E-state index contributed by atoms with van der Waals surface area (Å²) in [6, 6.07) is 0. The lowest BCUT2D eigenvalue weighted by Crippen LogP contribution is -2.26. The maximum atomic E-state index is 11.8. The van der Waals surface area contributed by atoms with E-state index in [4.69, 9.17) is 0 Å². The van der Waals surface area contributed by atoms with Gasteiger partial charge in [0.15, 0.2) is 0 Å². The van der Waals surface area contributed by atoms with Gasteiger partial charge in [-0.1, -0.05) is 15.9 Å². The van der Waals surface area contributed by atoms with E-state index < -0.39 is 12.6 Å². The lowest BCUT2D eigenvalue weighted by molar-refractivity contribution is -0.137. The summed E-state index contributed by atoms with van der Waals surface area (Å²) in [6.07, 6.45) is -3.74. The summed E-state index contributed by atoms with van der Waals surface area (Å²) in [5, 5.41) is 0. The van der Waals surface area contributed by atoms with Gasteiger partial charge in [-0.15, -0.1) is 0 Å². The van der Waals surface area contributed by atoms with Crippen molar-refractivity contribution in [1.29, 1.82) is 0 Å². The molecule has 0 aromatic rings. The van der Waals surface area contributed by atoms with Crippen LogP contribution in [0.1, 0.15) is 12.8 Å². The highest BCUT2D eigenvalue weighted by molar-refractivity contribution is 9.09. The molecule has 0 aliphatic carbocycles. The smallest absolute Gasteiger partial charge is 0.302 e. The molecule has 12 heavy (non-hydrogen) atoms. The highest BCUT2D eigenvalue weighted by Gasteiger charge is 2.29. The molecule has 72 valence electrons. The molecular formula is C7H11BrF3N. The van der Waals surface area contributed by atoms with Gasteiger partial charge in [0.05, 0.1) is 6.42 Å². The zero-order chi connectivity index (χ0) is 9.19. The minimum absolute atomic E-state index is 0.144. The van der Waals surface area contributed by atoms with E-state index in [0.29, 0.717) is 4.83 Å². The van der Waals surface area contributed by atoms with E-state index in [2.05, 4.69) is 15.9 Å². The van der Waals surface area contributed by atoms with Crippen LogP contribution < -0.4 is 0 Å². The molecule has 1 aliphatic heterocycles. The molecule has 0 aromatic heterocycles. The van der Waals surface area contributed by atoms with Crippen LogP contribution >= 0.6 is 15.9 Å². The van der Waals surface area contributed by atoms with E-state index in [-0.39, 0.29) is 6.54 Å². The van der Waals surface area contributed by atoms with Gasteiger partial charge in [0.2, 0.25) is 0 Å². The summed E-state index contributed by atoms with van der Waals surface area (Å²) >= 11 is 3.38. The molecule has 1 aliphatic rings. The summed E-state index contributed by atoms with van der Waals surface area (Å²) in [5.74, 6) is 0. The molecule has 0 N–H and O–H groups in total. The summed E-state index contributed by atoms with van der Waals surface area (Å²) in [6.45, 7) is 1.67. The normalized spacial score (nSPS) is 26.5. The van der Waals surface area contributed by atoms with Crippen LogP contribution in [-0.2, 0) is 0 Å². The summed E-state index contributed by atoms with van der Waals surface area (Å²) in [5.41, 5.74) is 0. The Hall–Kier alpha value is 0.230. The van der Waals surface area contributed by atoms with Gasteiger partial charge in [-0.25, -0.2) is 0 Å². The molecule has 1 saturated heterocycles. The maximum absolute atomic E-state index is 11.8. The lowest BCUT2D eigenvalue weighted by Gasteiger charge is -2.15. The number of rotatable bonds is 2. The molecule has 1 unspecified atom stereocenters. The van der Waals surface area contributed by atoms with Gasteiger partial charge in [0.25, 0.3) is 0 Å². The molecule has 0 spiro atoms. The van der Waals surface area contributed by atoms with Gasteiger partial charge in [0.1, 0.15) is 0 Å². The van der Waals surface area contributed by atoms with Crippen molar-refractivity contribution in [3.05, 3.63) is 0 Å². The van der Waals surface area contributed by atoms with Crippen molar-refractivity contribution in [3.63, 3.8) is 0 Å². The second-order valence-electron chi connectivity index (χ2n) is 3.05. The van der Waals surface area contributed by atoms with E-state index in [1.165, 1.54) is 0 Å². The van der Waals surface area contributed by atoms with E-state index in [1.807, 2.05) is 4.90 Å². The van der Waals surface area contributed by atoms with Crippen molar-refractivity contribution in [3.8, 4) is 0 Å². The van der Waals surface area contributed by atoms with Crippen LogP contribution in [-0.4, -0.2) is 35.5 Å². The van der Waals surface area contributed by atoms with Crippen LogP contribution in [0.3, 0.4) is 0 Å². The van der Waals surface area contributed by atoms with Crippen LogP contribution in [0.2, 0.25) is 0 Å². The van der Waals surface area contributed by atoms with Crippen LogP contribution in [0.5, 0.6) is 0 Å². The minimum atomic E-state index is -4.01. The van der Waals surface area contributed by atoms with Crippen molar-refractivity contribution < 1.29 is 13.2 Å². The van der Waals surface area contributed by atoms with Gasteiger partial charge in [0, 0.05) is 17.9 Å². The van der Waals surface area contributed by atoms with Crippen LogP contribution in [0.25, 0.3) is 0 Å². The first-order valence-electron chi connectivity index (χ1n) is 3.90. The number of nitrogens with zero attached hydrogens (tertiary/aromatic N) is 1. The monoisotopic (exact) mass is 245 g/mol. The largest absolute Gasteiger partial charge is 0.390 e. The van der Waals surface area contributed by atoms with E-state index in [0.717, 1.165) is 19.5 Å². The minimum Gasteiger partial charge on any atom is -0.302 e. The molecule has 0 aromatic carbocycles. The average Bonchev–Trinajstić information content (AvgIpc) is 2.30. The van der Waals surface area contributed by atoms with E-state index in [9.17, 15) is 13.2 Å². The van der Waals surface area contributed by atoms with E-state index >= 15 is 0 Å². The number of hydrogen-bond acceptors (Lipinski definition) is 1. The second-order valence-corrected chi connectivity index (χ2v) is 4.35. The topological polar surface area (TPSA) is 3.24 Å². The van der Waals surface area contributed by atoms with Crippen LogP contribution in [0, 0.1) is 0 Å². The first-order valence-corrected chi connectivity index (χ1v) is 4.82. The molecule has 0 bridgehead atoms. The van der Waals surface area contributed by atoms with E-state index in [1.54, 1.807) is 0 Å². The van der Waals surface area contributed by atoms with Gasteiger partial charge in [-0.2, -0.15) is 13.2 Å². The zero-order valence-corrected chi connectivity index (χ0v) is 8.16. The molecule has 0 saturated carbocycles. The SMILES string of the molecule is FC(F)(F)CCN1CCC(Br)C1. The molecule has 0 amide bonds. The fraction of sp³-hybridized carbons (Fsp3) is 1.00. The first-order chi connectivity index (χ1) is 5.47. The Bertz CT molecular complexity index is 148. The van der Waals surface area contributed by atoms with Crippen molar-refractivity contribution in [1.82, 2.24) is 4.90 Å². The lowest BCUT2D eigenvalue weighted by atomic mass is 10.4. The molecule has 1 nitrogen and oxygen atoms in total. The Labute approximate surface area is 78.0 Å². The van der Waals surface area contributed by atoms with Gasteiger partial charge in [-0.3, -0.25) is 0 Å². The fourth-order valence-electron chi connectivity index (χ4n) is 1.27. The van der Waals surface area contributed by atoms with Crippen molar-refractivity contribution in [2.45, 2.75) is 23.8 Å². The summed E-state index contributed by atoms with van der Waals surface area (Å²) in [4.78, 5) is 2.22. The Kier molecular flexibility index (Phi) is 3.40. The van der Waals surface area contributed by atoms with Gasteiger partial charge < -0.3 is 4.90 Å². The third-order valence-corrected chi connectivity index (χ3v) is 2.67. The third-order valence-electron chi connectivity index (χ3n) is 1.93. The average molecular weight is 246 g/mol. The number of hydrogen-bond donors (Lipinski definition) is 0. The predicted molar refractivity (Wildman–Crippen MR) is 44.4 cm³/mol. The number of alkyl halides is 4. The molecule has 1 rings (SSSR count). The third kappa shape index (κ3) is 3.76. The Balaban J connectivity index is 2.16. The predicted octanol–water partition coefficient (Wildman–Crippen LogP) is 2.41. The second kappa shape index (κ2) is 3.96. The molecule has 0 radical (unpaired) electrons. The van der Waals surface area contributed by atoms with Crippen LogP contribution in [0.4, 0.5) is 13.2 Å². The standard InChI is InChI=1S/C7H11BrF3N/c8-6-1-3-12(5-6)4-2-7(9,10)11/h6H,1-5H2. The molecule has 1 fully saturated rings. The van der Waals surface area contributed by atoms with Crippen molar-refractivity contribution >= 4 is 15.9 Å². The maximum Gasteiger partial charge on any atom is 0.390 e. The van der Waals surface area contributed by atoms with Crippen molar-refractivity contribution in [2.75, 3.05) is 19.6 Å². The zero-order valence-electron chi connectivity index (χ0n) is 6.57. The Morgan fingerprint density at radius 1 is 1.42 bits per heavy atom. The molecule has 5 heteroatoms. The summed E-state index contributed by atoms with van der Waals surface area (Å²) < 4.78 is 35.3. The molecule has 1 atom stereocenters. The van der Waals surface area contributed by atoms with Gasteiger partial charge in [-0.05, 0) is 13.0 Å². The molecule has 1 heterocycles. The number of halogens is 4. The summed E-state index contributed by atoms with van der Waals surface area (Å²) in [7, 11) is 0. The first kappa shape index (κ1) is 10.3. The Morgan fingerprint density at radius 2 is 2.08 bits per heavy atom. The molecular weight excluding hydrogens is 235 g/mol. The Morgan fingerprint density at radius 3 is 2.50 bits per heavy atom.